The van der Waals surface area contributed by atoms with Gasteiger partial charge in [-0.3, -0.25) is 4.79 Å². The number of methoxy groups -OCH3 is 1. The first kappa shape index (κ1) is 12.4. The van der Waals surface area contributed by atoms with E-state index in [4.69, 9.17) is 4.74 Å². The number of benzene rings is 2. The number of hydrogen-bond acceptors (Lipinski definition) is 2. The lowest BCUT2D eigenvalue weighted by atomic mass is 10.0. The molecule has 0 heterocycles. The molecule has 2 aromatic rings. The fourth-order valence-corrected chi connectivity index (χ4v) is 1.84. The van der Waals surface area contributed by atoms with Crippen molar-refractivity contribution in [3.63, 3.8) is 0 Å². The van der Waals surface area contributed by atoms with Crippen molar-refractivity contribution >= 4 is 5.78 Å². The van der Waals surface area contributed by atoms with Crippen LogP contribution in [0.15, 0.2) is 54.6 Å². The van der Waals surface area contributed by atoms with Crippen LogP contribution in [0.25, 0.3) is 0 Å². The van der Waals surface area contributed by atoms with Gasteiger partial charge in [0.25, 0.3) is 0 Å². The van der Waals surface area contributed by atoms with E-state index in [9.17, 15) is 4.79 Å². The summed E-state index contributed by atoms with van der Waals surface area (Å²) in [5, 5.41) is 0. The highest BCUT2D eigenvalue weighted by atomic mass is 16.5. The molecule has 0 radical (unpaired) electrons. The van der Waals surface area contributed by atoms with Gasteiger partial charge in [-0.05, 0) is 24.1 Å². The summed E-state index contributed by atoms with van der Waals surface area (Å²) >= 11 is 0. The van der Waals surface area contributed by atoms with Gasteiger partial charge in [-0.1, -0.05) is 42.5 Å². The van der Waals surface area contributed by atoms with Crippen molar-refractivity contribution in [2.45, 2.75) is 12.8 Å². The molecule has 0 aliphatic rings. The SMILES string of the molecule is COc1cccc(C(=O)CCc2ccccc2)c1. The second-order valence-corrected chi connectivity index (χ2v) is 4.14. The summed E-state index contributed by atoms with van der Waals surface area (Å²) in [6, 6.07) is 17.3. The van der Waals surface area contributed by atoms with Crippen molar-refractivity contribution < 1.29 is 9.53 Å². The predicted octanol–water partition coefficient (Wildman–Crippen LogP) is 3.51. The first-order chi connectivity index (χ1) is 8.79. The Labute approximate surface area is 107 Å². The lowest BCUT2D eigenvalue weighted by molar-refractivity contribution is 0.0982. The molecule has 18 heavy (non-hydrogen) atoms. The number of ketones is 1. The first-order valence-corrected chi connectivity index (χ1v) is 6.01. The van der Waals surface area contributed by atoms with Crippen LogP contribution in [-0.4, -0.2) is 12.9 Å². The summed E-state index contributed by atoms with van der Waals surface area (Å²) < 4.78 is 5.12. The van der Waals surface area contributed by atoms with Gasteiger partial charge >= 0.3 is 0 Å². The average Bonchev–Trinajstić information content (AvgIpc) is 2.46. The zero-order valence-electron chi connectivity index (χ0n) is 10.4. The van der Waals surface area contributed by atoms with E-state index < -0.39 is 0 Å². The predicted molar refractivity (Wildman–Crippen MR) is 72.1 cm³/mol. The number of carbonyl (C=O) groups is 1. The zero-order valence-corrected chi connectivity index (χ0v) is 10.4. The van der Waals surface area contributed by atoms with Crippen LogP contribution in [0, 0.1) is 0 Å². The van der Waals surface area contributed by atoms with E-state index in [1.54, 1.807) is 13.2 Å². The maximum atomic E-state index is 12.0. The third kappa shape index (κ3) is 3.20. The maximum absolute atomic E-state index is 12.0. The summed E-state index contributed by atoms with van der Waals surface area (Å²) in [7, 11) is 1.60. The van der Waals surface area contributed by atoms with Gasteiger partial charge < -0.3 is 4.74 Å². The Balaban J connectivity index is 1.99. The molecule has 0 fully saturated rings. The van der Waals surface area contributed by atoms with Gasteiger partial charge in [-0.15, -0.1) is 0 Å². The molecule has 2 rings (SSSR count). The summed E-state index contributed by atoms with van der Waals surface area (Å²) in [5.74, 6) is 0.873. The highest BCUT2D eigenvalue weighted by Crippen LogP contribution is 2.15. The quantitative estimate of drug-likeness (QED) is 0.747. The van der Waals surface area contributed by atoms with Crippen molar-refractivity contribution in [2.75, 3.05) is 7.11 Å². The Morgan fingerprint density at radius 1 is 1.06 bits per heavy atom. The van der Waals surface area contributed by atoms with E-state index in [1.807, 2.05) is 48.5 Å². The molecule has 0 aromatic heterocycles. The molecule has 0 aliphatic carbocycles. The van der Waals surface area contributed by atoms with E-state index in [0.29, 0.717) is 12.0 Å². The van der Waals surface area contributed by atoms with Crippen LogP contribution in [0.1, 0.15) is 22.3 Å². The van der Waals surface area contributed by atoms with Crippen molar-refractivity contribution in [1.82, 2.24) is 0 Å². The maximum Gasteiger partial charge on any atom is 0.163 e. The minimum absolute atomic E-state index is 0.151. The van der Waals surface area contributed by atoms with Crippen molar-refractivity contribution in [1.29, 1.82) is 0 Å². The van der Waals surface area contributed by atoms with E-state index >= 15 is 0 Å². The fourth-order valence-electron chi connectivity index (χ4n) is 1.84. The number of hydrogen-bond donors (Lipinski definition) is 0. The highest BCUT2D eigenvalue weighted by molar-refractivity contribution is 5.96. The van der Waals surface area contributed by atoms with E-state index in [0.717, 1.165) is 12.2 Å². The van der Waals surface area contributed by atoms with Gasteiger partial charge in [0, 0.05) is 12.0 Å². The third-order valence-corrected chi connectivity index (χ3v) is 2.88. The van der Waals surface area contributed by atoms with Crippen LogP contribution >= 0.6 is 0 Å². The minimum atomic E-state index is 0.151. The number of ether oxygens (including phenoxy) is 1. The third-order valence-electron chi connectivity index (χ3n) is 2.88. The average molecular weight is 240 g/mol. The van der Waals surface area contributed by atoms with Gasteiger partial charge in [-0.2, -0.15) is 0 Å². The van der Waals surface area contributed by atoms with Crippen molar-refractivity contribution in [3.8, 4) is 5.75 Å². The van der Waals surface area contributed by atoms with Crippen LogP contribution < -0.4 is 4.74 Å². The van der Waals surface area contributed by atoms with Crippen LogP contribution in [-0.2, 0) is 6.42 Å². The van der Waals surface area contributed by atoms with Gasteiger partial charge in [0.2, 0.25) is 0 Å². The molecular formula is C16H16O2. The summed E-state index contributed by atoms with van der Waals surface area (Å²) in [6.45, 7) is 0. The molecule has 0 atom stereocenters. The van der Waals surface area contributed by atoms with Crippen LogP contribution in [0.2, 0.25) is 0 Å². The molecule has 0 spiro atoms. The molecule has 92 valence electrons. The van der Waals surface area contributed by atoms with Crippen LogP contribution in [0.3, 0.4) is 0 Å². The van der Waals surface area contributed by atoms with Gasteiger partial charge in [0.15, 0.2) is 5.78 Å². The van der Waals surface area contributed by atoms with Crippen LogP contribution in [0.4, 0.5) is 0 Å². The summed E-state index contributed by atoms with van der Waals surface area (Å²) in [6.07, 6.45) is 1.30. The minimum Gasteiger partial charge on any atom is -0.497 e. The first-order valence-electron chi connectivity index (χ1n) is 6.01. The topological polar surface area (TPSA) is 26.3 Å². The Hall–Kier alpha value is -2.09. The van der Waals surface area contributed by atoms with E-state index in [1.165, 1.54) is 5.56 Å². The molecule has 0 amide bonds. The van der Waals surface area contributed by atoms with Gasteiger partial charge in [0.05, 0.1) is 7.11 Å². The lowest BCUT2D eigenvalue weighted by Gasteiger charge is -2.04. The standard InChI is InChI=1S/C16H16O2/c1-18-15-9-5-8-14(12-15)16(17)11-10-13-6-3-2-4-7-13/h2-9,12H,10-11H2,1H3. The van der Waals surface area contributed by atoms with Gasteiger partial charge in [-0.25, -0.2) is 0 Å². The number of rotatable bonds is 5. The fraction of sp³-hybridized carbons (Fsp3) is 0.188. The molecule has 0 aliphatic heterocycles. The highest BCUT2D eigenvalue weighted by Gasteiger charge is 2.06. The van der Waals surface area contributed by atoms with Gasteiger partial charge in [0.1, 0.15) is 5.75 Å². The molecular weight excluding hydrogens is 224 g/mol. The number of aryl methyl sites for hydroxylation is 1. The zero-order chi connectivity index (χ0) is 12.8. The van der Waals surface area contributed by atoms with Crippen molar-refractivity contribution in [2.24, 2.45) is 0 Å². The number of carbonyl (C=O) groups excluding carboxylic acids is 1. The second-order valence-electron chi connectivity index (χ2n) is 4.14. The molecule has 2 nitrogen and oxygen atoms in total. The monoisotopic (exact) mass is 240 g/mol. The molecule has 0 unspecified atom stereocenters. The molecule has 0 bridgehead atoms. The summed E-state index contributed by atoms with van der Waals surface area (Å²) in [4.78, 5) is 12.0. The Morgan fingerprint density at radius 3 is 2.56 bits per heavy atom. The second kappa shape index (κ2) is 6.01. The van der Waals surface area contributed by atoms with Crippen LogP contribution in [0.5, 0.6) is 5.75 Å². The lowest BCUT2D eigenvalue weighted by Crippen LogP contribution is -2.01. The molecule has 0 saturated carbocycles. The molecule has 0 saturated heterocycles. The largest absolute Gasteiger partial charge is 0.497 e. The Morgan fingerprint density at radius 2 is 1.83 bits per heavy atom. The van der Waals surface area contributed by atoms with Crippen molar-refractivity contribution in [3.05, 3.63) is 65.7 Å². The normalized spacial score (nSPS) is 10.1. The Bertz CT molecular complexity index is 518. The molecule has 2 heteroatoms. The smallest absolute Gasteiger partial charge is 0.163 e. The Kier molecular flexibility index (Phi) is 4.13. The summed E-state index contributed by atoms with van der Waals surface area (Å²) in [5.41, 5.74) is 1.90. The molecule has 0 N–H and O–H groups in total. The van der Waals surface area contributed by atoms with E-state index in [2.05, 4.69) is 0 Å². The molecule has 2 aromatic carbocycles. The number of Topliss-reactive ketones (excluding diaryl/α,β-unsaturated/α-hetero) is 1. The van der Waals surface area contributed by atoms with E-state index in [-0.39, 0.29) is 5.78 Å².